The normalized spacial score (nSPS) is 12.1. The summed E-state index contributed by atoms with van der Waals surface area (Å²) in [6, 6.07) is 6.08. The Morgan fingerprint density at radius 2 is 1.97 bits per heavy atom. The molecule has 1 aromatic heterocycles. The van der Waals surface area contributed by atoms with Crippen LogP contribution in [-0.4, -0.2) is 62.1 Å². The number of halogens is 2. The van der Waals surface area contributed by atoms with Crippen LogP contribution in [0, 0.1) is 11.6 Å². The molecule has 0 radical (unpaired) electrons. The van der Waals surface area contributed by atoms with Gasteiger partial charge in [0, 0.05) is 48.8 Å². The smallest absolute Gasteiger partial charge is 0.142 e. The Balaban J connectivity index is 0.00000316. The van der Waals surface area contributed by atoms with Crippen LogP contribution in [0.2, 0.25) is 0 Å². The van der Waals surface area contributed by atoms with E-state index in [-0.39, 0.29) is 6.54 Å². The Hall–Kier alpha value is -3.46. The lowest BCUT2D eigenvalue weighted by atomic mass is 10.1. The van der Waals surface area contributed by atoms with Gasteiger partial charge in [-0.1, -0.05) is 19.9 Å². The van der Waals surface area contributed by atoms with Crippen molar-refractivity contribution in [2.45, 2.75) is 40.7 Å². The highest BCUT2D eigenvalue weighted by Crippen LogP contribution is 2.21. The minimum absolute atomic E-state index is 0.0921. The van der Waals surface area contributed by atoms with E-state index in [1.807, 2.05) is 27.8 Å². The minimum Gasteiger partial charge on any atom is -0.493 e. The van der Waals surface area contributed by atoms with Gasteiger partial charge in [-0.05, 0) is 52.7 Å². The van der Waals surface area contributed by atoms with Crippen LogP contribution in [0.3, 0.4) is 0 Å². The molecule has 0 spiro atoms. The lowest BCUT2D eigenvalue weighted by molar-refractivity contribution is 0.308. The van der Waals surface area contributed by atoms with Gasteiger partial charge in [0.2, 0.25) is 0 Å². The molecule has 196 valence electrons. The fourth-order valence-corrected chi connectivity index (χ4v) is 3.16. The van der Waals surface area contributed by atoms with E-state index in [9.17, 15) is 4.39 Å². The summed E-state index contributed by atoms with van der Waals surface area (Å²) in [4.78, 5) is 18.5. The van der Waals surface area contributed by atoms with Crippen molar-refractivity contribution in [2.75, 3.05) is 33.8 Å². The van der Waals surface area contributed by atoms with Gasteiger partial charge in [-0.15, -0.1) is 0 Å². The first kappa shape index (κ1) is 30.6. The Bertz CT molecular complexity index is 1050. The Morgan fingerprint density at radius 1 is 1.22 bits per heavy atom. The molecule has 0 aliphatic rings. The summed E-state index contributed by atoms with van der Waals surface area (Å²) in [5.74, 6) is 0.403. The molecule has 0 amide bonds. The van der Waals surface area contributed by atoms with E-state index in [1.54, 1.807) is 37.1 Å². The summed E-state index contributed by atoms with van der Waals surface area (Å²) < 4.78 is 34.7. The van der Waals surface area contributed by atoms with E-state index >= 15 is 4.39 Å². The van der Waals surface area contributed by atoms with Crippen LogP contribution in [0.4, 0.5) is 8.78 Å². The molecule has 0 aliphatic heterocycles. The second-order valence-electron chi connectivity index (χ2n) is 7.36. The van der Waals surface area contributed by atoms with Gasteiger partial charge in [-0.3, -0.25) is 20.0 Å². The zero-order valence-electron chi connectivity index (χ0n) is 22.2. The van der Waals surface area contributed by atoms with Gasteiger partial charge in [0.1, 0.15) is 29.1 Å². The predicted molar refractivity (Wildman–Crippen MR) is 145 cm³/mol. The molecular formula is C27H38F2N6O. The second-order valence-corrected chi connectivity index (χ2v) is 7.36. The van der Waals surface area contributed by atoms with Crippen LogP contribution >= 0.6 is 0 Å². The van der Waals surface area contributed by atoms with Crippen molar-refractivity contribution in [3.63, 3.8) is 0 Å². The number of nitrogens with zero attached hydrogens (tertiary/aromatic N) is 5. The summed E-state index contributed by atoms with van der Waals surface area (Å²) in [6.07, 6.45) is 5.16. The van der Waals surface area contributed by atoms with Crippen molar-refractivity contribution in [1.29, 1.82) is 0 Å². The number of rotatable bonds is 11. The van der Waals surface area contributed by atoms with E-state index in [0.717, 1.165) is 19.2 Å². The van der Waals surface area contributed by atoms with Crippen molar-refractivity contribution in [3.8, 4) is 5.75 Å². The molecule has 2 aromatic rings. The third-order valence-electron chi connectivity index (χ3n) is 4.81. The van der Waals surface area contributed by atoms with Gasteiger partial charge in [0.15, 0.2) is 0 Å². The van der Waals surface area contributed by atoms with E-state index < -0.39 is 11.6 Å². The van der Waals surface area contributed by atoms with Gasteiger partial charge in [0.25, 0.3) is 0 Å². The van der Waals surface area contributed by atoms with Crippen LogP contribution in [0.5, 0.6) is 5.75 Å². The van der Waals surface area contributed by atoms with E-state index in [4.69, 9.17) is 4.74 Å². The standard InChI is InChI=1S/C25H32F2N6O.C2H6/c1-6-32-24(12-18(2)29-4)33(25(30-5)20-13-21(26)16-31-15-20)17-19-8-9-22(14-23(19)27)34-11-7-10-28-3;1-2/h8-9,12-16,28H,4,6-7,10-11,17H2,1-3,5H3;1-2H3/b18-12-,30-25?,32-24?;. The second kappa shape index (κ2) is 17.0. The molecule has 1 aromatic carbocycles. The maximum Gasteiger partial charge on any atom is 0.142 e. The highest BCUT2D eigenvalue weighted by molar-refractivity contribution is 6.12. The third kappa shape index (κ3) is 9.65. The van der Waals surface area contributed by atoms with Crippen molar-refractivity contribution >= 4 is 18.4 Å². The number of amidine groups is 2. The summed E-state index contributed by atoms with van der Waals surface area (Å²) in [6.45, 7) is 13.1. The topological polar surface area (TPSA) is 74.5 Å². The molecule has 0 fully saturated rings. The van der Waals surface area contributed by atoms with Gasteiger partial charge in [0.05, 0.1) is 19.3 Å². The molecule has 0 saturated carbocycles. The molecule has 7 nitrogen and oxygen atoms in total. The molecule has 1 heterocycles. The van der Waals surface area contributed by atoms with Gasteiger partial charge >= 0.3 is 0 Å². The summed E-state index contributed by atoms with van der Waals surface area (Å²) in [7, 11) is 3.45. The monoisotopic (exact) mass is 500 g/mol. The third-order valence-corrected chi connectivity index (χ3v) is 4.81. The van der Waals surface area contributed by atoms with Crippen LogP contribution in [0.15, 0.2) is 63.4 Å². The van der Waals surface area contributed by atoms with E-state index in [2.05, 4.69) is 32.0 Å². The lowest BCUT2D eigenvalue weighted by Gasteiger charge is -2.27. The van der Waals surface area contributed by atoms with E-state index in [0.29, 0.717) is 47.4 Å². The SMILES string of the molecule is C=N/C(C)=C\C(=NCC)N(Cc1ccc(OCCCNC)cc1F)C(=NC)c1cncc(F)c1.CC. The Kier molecular flexibility index (Phi) is 14.5. The maximum atomic E-state index is 15.1. The number of hydrogen-bond donors (Lipinski definition) is 1. The molecule has 0 saturated heterocycles. The predicted octanol–water partition coefficient (Wildman–Crippen LogP) is 5.28. The highest BCUT2D eigenvalue weighted by atomic mass is 19.1. The van der Waals surface area contributed by atoms with Crippen LogP contribution < -0.4 is 10.1 Å². The first-order valence-electron chi connectivity index (χ1n) is 12.0. The average Bonchev–Trinajstić information content (AvgIpc) is 2.88. The van der Waals surface area contributed by atoms with E-state index in [1.165, 1.54) is 18.3 Å². The average molecular weight is 501 g/mol. The molecule has 0 atom stereocenters. The highest BCUT2D eigenvalue weighted by Gasteiger charge is 2.21. The molecule has 36 heavy (non-hydrogen) atoms. The van der Waals surface area contributed by atoms with Crippen molar-refractivity contribution in [3.05, 3.63) is 71.2 Å². The zero-order chi connectivity index (χ0) is 26.9. The molecule has 2 rings (SSSR count). The summed E-state index contributed by atoms with van der Waals surface area (Å²) >= 11 is 0. The Morgan fingerprint density at radius 3 is 2.56 bits per heavy atom. The van der Waals surface area contributed by atoms with Gasteiger partial charge < -0.3 is 15.0 Å². The summed E-state index contributed by atoms with van der Waals surface area (Å²) in [5.41, 5.74) is 1.46. The van der Waals surface area contributed by atoms with Crippen molar-refractivity contribution in [1.82, 2.24) is 15.2 Å². The molecule has 0 aliphatic carbocycles. The lowest BCUT2D eigenvalue weighted by Crippen LogP contribution is -2.37. The first-order chi connectivity index (χ1) is 17.4. The number of aromatic nitrogens is 1. The molecule has 9 heteroatoms. The number of hydrogen-bond acceptors (Lipinski definition) is 6. The summed E-state index contributed by atoms with van der Waals surface area (Å²) in [5, 5.41) is 3.04. The number of benzene rings is 1. The first-order valence-corrected chi connectivity index (χ1v) is 12.0. The quantitative estimate of drug-likeness (QED) is 0.259. The van der Waals surface area contributed by atoms with Crippen LogP contribution in [0.1, 0.15) is 45.2 Å². The van der Waals surface area contributed by atoms with Gasteiger partial charge in [-0.25, -0.2) is 8.78 Å². The Labute approximate surface area is 213 Å². The molecule has 1 N–H and O–H groups in total. The minimum atomic E-state index is -0.502. The number of allylic oxidation sites excluding steroid dienone is 1. The van der Waals surface area contributed by atoms with Crippen LogP contribution in [0.25, 0.3) is 0 Å². The number of aliphatic imine (C=N–C) groups is 3. The van der Waals surface area contributed by atoms with Crippen molar-refractivity contribution in [2.24, 2.45) is 15.0 Å². The van der Waals surface area contributed by atoms with Crippen molar-refractivity contribution < 1.29 is 13.5 Å². The fraction of sp³-hybridized carbons (Fsp3) is 0.407. The molecule has 0 bridgehead atoms. The number of nitrogens with one attached hydrogen (secondary N) is 1. The number of ether oxygens (including phenoxy) is 1. The molecular weight excluding hydrogens is 462 g/mol. The maximum absolute atomic E-state index is 15.1. The van der Waals surface area contributed by atoms with Crippen LogP contribution in [-0.2, 0) is 6.54 Å². The fourth-order valence-electron chi connectivity index (χ4n) is 3.16. The largest absolute Gasteiger partial charge is 0.493 e. The van der Waals surface area contributed by atoms with Gasteiger partial charge in [-0.2, -0.15) is 0 Å². The molecule has 0 unspecified atom stereocenters. The number of pyridine rings is 1. The zero-order valence-corrected chi connectivity index (χ0v) is 22.2.